The van der Waals surface area contributed by atoms with E-state index in [1.165, 1.54) is 12.4 Å². The fraction of sp³-hybridized carbons (Fsp3) is 0.400. The summed E-state index contributed by atoms with van der Waals surface area (Å²) < 4.78 is 39.2. The molecule has 0 spiro atoms. The van der Waals surface area contributed by atoms with Crippen LogP contribution in [0, 0.1) is 10.1 Å². The maximum Gasteiger partial charge on any atom is 0.422 e. The Balaban J connectivity index is 3.15. The molecular weight excluding hydrogens is 299 g/mol. The Morgan fingerprint density at radius 3 is 2.29 bits per heavy atom. The molecule has 1 aromatic heterocycles. The van der Waals surface area contributed by atoms with Crippen molar-refractivity contribution in [3.8, 4) is 0 Å². The number of alkyl halides is 3. The van der Waals surface area contributed by atoms with Gasteiger partial charge < -0.3 is 15.0 Å². The molecule has 1 heterocycles. The summed E-state index contributed by atoms with van der Waals surface area (Å²) in [6, 6.07) is 0.744. The third kappa shape index (κ3) is 2.95. The summed E-state index contributed by atoms with van der Waals surface area (Å²) in [6.45, 7) is 0.282. The second-order valence-corrected chi connectivity index (χ2v) is 4.33. The van der Waals surface area contributed by atoms with Gasteiger partial charge in [0.15, 0.2) is 0 Å². The smallest absolute Gasteiger partial charge is 0.422 e. The number of halogens is 3. The van der Waals surface area contributed by atoms with Crippen LogP contribution in [-0.2, 0) is 11.8 Å². The van der Waals surface area contributed by atoms with Crippen molar-refractivity contribution in [2.75, 3.05) is 0 Å². The SMILES string of the molecule is Cn1cc([N+](=O)[O-])cc1C(=O)NC(C)(C(=O)O)C(F)(F)F. The Bertz CT molecular complexity index is 610. The van der Waals surface area contributed by atoms with E-state index in [-0.39, 0.29) is 6.92 Å². The fourth-order valence-corrected chi connectivity index (χ4v) is 1.41. The number of nitrogens with zero attached hydrogens (tertiary/aromatic N) is 2. The summed E-state index contributed by atoms with van der Waals surface area (Å²) in [4.78, 5) is 32.2. The molecule has 1 unspecified atom stereocenters. The van der Waals surface area contributed by atoms with Crippen molar-refractivity contribution in [3.05, 3.63) is 28.1 Å². The van der Waals surface area contributed by atoms with Crippen molar-refractivity contribution >= 4 is 17.6 Å². The van der Waals surface area contributed by atoms with Gasteiger partial charge >= 0.3 is 12.1 Å². The van der Waals surface area contributed by atoms with Crippen LogP contribution in [0.2, 0.25) is 0 Å². The van der Waals surface area contributed by atoms with Crippen molar-refractivity contribution in [2.45, 2.75) is 18.6 Å². The highest BCUT2D eigenvalue weighted by Gasteiger charge is 2.58. The van der Waals surface area contributed by atoms with Crippen LogP contribution in [0.4, 0.5) is 18.9 Å². The Morgan fingerprint density at radius 2 is 1.95 bits per heavy atom. The van der Waals surface area contributed by atoms with E-state index in [2.05, 4.69) is 0 Å². The van der Waals surface area contributed by atoms with Gasteiger partial charge in [-0.15, -0.1) is 0 Å². The molecule has 21 heavy (non-hydrogen) atoms. The van der Waals surface area contributed by atoms with Gasteiger partial charge in [0.2, 0.25) is 5.54 Å². The number of carboxylic acid groups (broad SMARTS) is 1. The lowest BCUT2D eigenvalue weighted by Crippen LogP contribution is -2.62. The van der Waals surface area contributed by atoms with Gasteiger partial charge in [-0.25, -0.2) is 4.79 Å². The number of hydrogen-bond acceptors (Lipinski definition) is 4. The number of carbonyl (C=O) groups is 2. The molecule has 0 saturated carbocycles. The maximum absolute atomic E-state index is 12.8. The molecule has 1 aromatic rings. The standard InChI is InChI=1S/C10H10F3N3O5/c1-9(8(18)19,10(11,12)13)14-7(17)6-3-5(16(20)21)4-15(6)2/h3-4H,1-2H3,(H,14,17)(H,18,19). The van der Waals surface area contributed by atoms with Gasteiger partial charge in [0, 0.05) is 13.1 Å². The van der Waals surface area contributed by atoms with Crippen molar-refractivity contribution in [1.82, 2.24) is 9.88 Å². The first-order valence-electron chi connectivity index (χ1n) is 5.33. The first kappa shape index (κ1) is 16.5. The highest BCUT2D eigenvalue weighted by Crippen LogP contribution is 2.31. The minimum atomic E-state index is -5.24. The summed E-state index contributed by atoms with van der Waals surface area (Å²) >= 11 is 0. The van der Waals surface area contributed by atoms with Crippen molar-refractivity contribution in [2.24, 2.45) is 7.05 Å². The highest BCUT2D eigenvalue weighted by atomic mass is 19.4. The lowest BCUT2D eigenvalue weighted by Gasteiger charge is -2.28. The van der Waals surface area contributed by atoms with Gasteiger partial charge in [0.25, 0.3) is 11.6 Å². The number of carbonyl (C=O) groups excluding carboxylic acids is 1. The van der Waals surface area contributed by atoms with Crippen molar-refractivity contribution in [3.63, 3.8) is 0 Å². The second-order valence-electron chi connectivity index (χ2n) is 4.33. The molecule has 0 fully saturated rings. The van der Waals surface area contributed by atoms with Crippen LogP contribution >= 0.6 is 0 Å². The van der Waals surface area contributed by atoms with Crippen LogP contribution in [0.3, 0.4) is 0 Å². The van der Waals surface area contributed by atoms with Gasteiger partial charge in [0.1, 0.15) is 5.69 Å². The zero-order chi connectivity index (χ0) is 16.6. The minimum absolute atomic E-state index is 0.282. The van der Waals surface area contributed by atoms with E-state index in [0.717, 1.165) is 16.8 Å². The molecule has 116 valence electrons. The average Bonchev–Trinajstić information content (AvgIpc) is 2.69. The van der Waals surface area contributed by atoms with Crippen LogP contribution in [-0.4, -0.2) is 38.2 Å². The molecule has 0 aromatic carbocycles. The predicted molar refractivity (Wildman–Crippen MR) is 61.6 cm³/mol. The van der Waals surface area contributed by atoms with E-state index in [9.17, 15) is 32.9 Å². The topological polar surface area (TPSA) is 114 Å². The fourth-order valence-electron chi connectivity index (χ4n) is 1.41. The van der Waals surface area contributed by atoms with Crippen LogP contribution in [0.15, 0.2) is 12.3 Å². The van der Waals surface area contributed by atoms with E-state index < -0.39 is 39.9 Å². The molecule has 1 rings (SSSR count). The van der Waals surface area contributed by atoms with E-state index in [4.69, 9.17) is 5.11 Å². The quantitative estimate of drug-likeness (QED) is 0.637. The normalized spacial score (nSPS) is 14.3. The summed E-state index contributed by atoms with van der Waals surface area (Å²) in [6.07, 6.45) is -4.33. The van der Waals surface area contributed by atoms with Crippen LogP contribution in [0.5, 0.6) is 0 Å². The molecule has 8 nitrogen and oxygen atoms in total. The van der Waals surface area contributed by atoms with E-state index in [1.807, 2.05) is 0 Å². The van der Waals surface area contributed by atoms with E-state index in [1.54, 1.807) is 0 Å². The molecule has 0 bridgehead atoms. The van der Waals surface area contributed by atoms with E-state index in [0.29, 0.717) is 0 Å². The van der Waals surface area contributed by atoms with Gasteiger partial charge in [0.05, 0.1) is 11.1 Å². The summed E-state index contributed by atoms with van der Waals surface area (Å²) in [7, 11) is 1.20. The molecular formula is C10H10F3N3O5. The van der Waals surface area contributed by atoms with Crippen LogP contribution in [0.1, 0.15) is 17.4 Å². The molecule has 1 atom stereocenters. The zero-order valence-corrected chi connectivity index (χ0v) is 10.8. The number of nitro groups is 1. The average molecular weight is 309 g/mol. The molecule has 0 saturated heterocycles. The molecule has 0 aliphatic carbocycles. The molecule has 0 aliphatic heterocycles. The number of nitrogens with one attached hydrogen (secondary N) is 1. The Labute approximate surface area is 115 Å². The molecule has 0 radical (unpaired) electrons. The molecule has 2 N–H and O–H groups in total. The molecule has 1 amide bonds. The van der Waals surface area contributed by atoms with Gasteiger partial charge in [-0.2, -0.15) is 13.2 Å². The van der Waals surface area contributed by atoms with Crippen molar-refractivity contribution < 1.29 is 32.8 Å². The lowest BCUT2D eigenvalue weighted by molar-refractivity contribution is -0.384. The molecule has 0 aliphatic rings. The first-order valence-corrected chi connectivity index (χ1v) is 5.33. The van der Waals surface area contributed by atoms with Crippen LogP contribution in [0.25, 0.3) is 0 Å². The summed E-state index contributed by atoms with van der Waals surface area (Å²) in [5.41, 5.74) is -4.49. The number of rotatable bonds is 4. The number of aromatic nitrogens is 1. The first-order chi connectivity index (χ1) is 9.40. The number of amides is 1. The number of aryl methyl sites for hydroxylation is 1. The summed E-state index contributed by atoms with van der Waals surface area (Å²) in [5.74, 6) is -3.69. The zero-order valence-electron chi connectivity index (χ0n) is 10.8. The summed E-state index contributed by atoms with van der Waals surface area (Å²) in [5, 5.41) is 20.5. The van der Waals surface area contributed by atoms with Crippen LogP contribution < -0.4 is 5.32 Å². The van der Waals surface area contributed by atoms with Gasteiger partial charge in [-0.3, -0.25) is 14.9 Å². The highest BCUT2D eigenvalue weighted by molar-refractivity contribution is 5.97. The predicted octanol–water partition coefficient (Wildman–Crippen LogP) is 1.07. The van der Waals surface area contributed by atoms with Gasteiger partial charge in [-0.05, 0) is 6.92 Å². The third-order valence-electron chi connectivity index (χ3n) is 2.79. The Morgan fingerprint density at radius 1 is 1.43 bits per heavy atom. The Hall–Kier alpha value is -2.59. The number of aliphatic carboxylic acids is 1. The van der Waals surface area contributed by atoms with E-state index >= 15 is 0 Å². The van der Waals surface area contributed by atoms with Crippen molar-refractivity contribution in [1.29, 1.82) is 0 Å². The maximum atomic E-state index is 12.8. The van der Waals surface area contributed by atoms with Gasteiger partial charge in [-0.1, -0.05) is 0 Å². The monoisotopic (exact) mass is 309 g/mol. The largest absolute Gasteiger partial charge is 0.479 e. The Kier molecular flexibility index (Phi) is 3.97. The minimum Gasteiger partial charge on any atom is -0.479 e. The third-order valence-corrected chi connectivity index (χ3v) is 2.79. The second kappa shape index (κ2) is 5.07. The number of carboxylic acids is 1. The molecule has 11 heteroatoms. The number of hydrogen-bond donors (Lipinski definition) is 2. The lowest BCUT2D eigenvalue weighted by atomic mass is 10.0.